The van der Waals surface area contributed by atoms with Crippen LogP contribution >= 0.6 is 24.0 Å². The van der Waals surface area contributed by atoms with Gasteiger partial charge in [-0.3, -0.25) is 4.99 Å². The van der Waals surface area contributed by atoms with Gasteiger partial charge in [-0.25, -0.2) is 4.39 Å². The number of guanidine groups is 1. The lowest BCUT2D eigenvalue weighted by Crippen LogP contribution is -2.45. The number of benzene rings is 1. The number of nitrogens with one attached hydrogen (secondary N) is 1. The van der Waals surface area contributed by atoms with Crippen LogP contribution in [0.3, 0.4) is 0 Å². The predicted molar refractivity (Wildman–Crippen MR) is 92.0 cm³/mol. The molecule has 1 aromatic carbocycles. The van der Waals surface area contributed by atoms with Gasteiger partial charge in [0.05, 0.1) is 0 Å². The maximum Gasteiger partial charge on any atom is 0.193 e. The van der Waals surface area contributed by atoms with E-state index < -0.39 is 0 Å². The van der Waals surface area contributed by atoms with Crippen LogP contribution in [0.15, 0.2) is 29.3 Å². The molecule has 0 aromatic heterocycles. The van der Waals surface area contributed by atoms with Crippen LogP contribution < -0.4 is 5.32 Å². The predicted octanol–water partition coefficient (Wildman–Crippen LogP) is 3.25. The van der Waals surface area contributed by atoms with E-state index >= 15 is 0 Å². The Labute approximate surface area is 137 Å². The molecule has 0 unspecified atom stereocenters. The van der Waals surface area contributed by atoms with Gasteiger partial charge < -0.3 is 10.2 Å². The summed E-state index contributed by atoms with van der Waals surface area (Å²) in [6.45, 7) is 5.10. The van der Waals surface area contributed by atoms with E-state index in [1.165, 1.54) is 25.0 Å². The van der Waals surface area contributed by atoms with Gasteiger partial charge in [0.1, 0.15) is 5.82 Å². The maximum atomic E-state index is 12.8. The molecular formula is C15H23FIN3. The molecule has 1 aliphatic rings. The van der Waals surface area contributed by atoms with Gasteiger partial charge in [0.25, 0.3) is 0 Å². The second-order valence-corrected chi connectivity index (χ2v) is 5.20. The Hall–Kier alpha value is -0.850. The topological polar surface area (TPSA) is 27.6 Å². The van der Waals surface area contributed by atoms with E-state index in [0.717, 1.165) is 30.5 Å². The zero-order valence-electron chi connectivity index (χ0n) is 12.1. The van der Waals surface area contributed by atoms with Crippen molar-refractivity contribution in [2.75, 3.05) is 20.1 Å². The molecule has 1 fully saturated rings. The highest BCUT2D eigenvalue weighted by atomic mass is 127. The molecule has 1 aliphatic heterocycles. The van der Waals surface area contributed by atoms with Crippen molar-refractivity contribution in [1.29, 1.82) is 0 Å². The highest BCUT2D eigenvalue weighted by Gasteiger charge is 2.18. The normalized spacial score (nSPS) is 16.8. The van der Waals surface area contributed by atoms with Gasteiger partial charge in [-0.15, -0.1) is 24.0 Å². The second kappa shape index (κ2) is 8.44. The molecule has 0 atom stereocenters. The summed E-state index contributed by atoms with van der Waals surface area (Å²) >= 11 is 0. The first-order chi connectivity index (χ1) is 9.19. The molecule has 0 radical (unpaired) electrons. The van der Waals surface area contributed by atoms with Gasteiger partial charge >= 0.3 is 0 Å². The molecule has 0 spiro atoms. The molecule has 1 saturated heterocycles. The van der Waals surface area contributed by atoms with Crippen molar-refractivity contribution in [3.63, 3.8) is 0 Å². The standard InChI is InChI=1S/C15H22FN3.HI/c1-12-7-9-19(10-8-12)15(17-2)18-11-13-3-5-14(16)6-4-13;/h3-6,12H,7-11H2,1-2H3,(H,17,18);1H. The smallest absolute Gasteiger partial charge is 0.193 e. The quantitative estimate of drug-likeness (QED) is 0.476. The minimum Gasteiger partial charge on any atom is -0.352 e. The first-order valence-electron chi connectivity index (χ1n) is 6.89. The zero-order valence-corrected chi connectivity index (χ0v) is 14.4. The van der Waals surface area contributed by atoms with Gasteiger partial charge in [-0.1, -0.05) is 19.1 Å². The summed E-state index contributed by atoms with van der Waals surface area (Å²) in [4.78, 5) is 6.62. The lowest BCUT2D eigenvalue weighted by atomic mass is 10.00. The number of halogens is 2. The van der Waals surface area contributed by atoms with Crippen molar-refractivity contribution in [2.45, 2.75) is 26.3 Å². The summed E-state index contributed by atoms with van der Waals surface area (Å²) in [5.41, 5.74) is 1.06. The number of aliphatic imine (C=N–C) groups is 1. The second-order valence-electron chi connectivity index (χ2n) is 5.20. The van der Waals surface area contributed by atoms with E-state index in [9.17, 15) is 4.39 Å². The fourth-order valence-corrected chi connectivity index (χ4v) is 2.34. The van der Waals surface area contributed by atoms with Crippen LogP contribution in [0.5, 0.6) is 0 Å². The average Bonchev–Trinajstić information content (AvgIpc) is 2.43. The monoisotopic (exact) mass is 391 g/mol. The Balaban J connectivity index is 0.00000200. The van der Waals surface area contributed by atoms with Gasteiger partial charge in [0, 0.05) is 26.7 Å². The van der Waals surface area contributed by atoms with E-state index in [4.69, 9.17) is 0 Å². The maximum absolute atomic E-state index is 12.8. The molecule has 0 saturated carbocycles. The Kier molecular flexibility index (Phi) is 7.26. The third-order valence-corrected chi connectivity index (χ3v) is 3.66. The summed E-state index contributed by atoms with van der Waals surface area (Å²) in [6, 6.07) is 6.58. The van der Waals surface area contributed by atoms with Gasteiger partial charge in [-0.05, 0) is 36.5 Å². The summed E-state index contributed by atoms with van der Waals surface area (Å²) in [5, 5.41) is 3.34. The highest BCUT2D eigenvalue weighted by molar-refractivity contribution is 14.0. The molecule has 3 nitrogen and oxygen atoms in total. The Bertz CT molecular complexity index is 425. The third kappa shape index (κ3) is 4.92. The van der Waals surface area contributed by atoms with E-state index in [2.05, 4.69) is 22.1 Å². The highest BCUT2D eigenvalue weighted by Crippen LogP contribution is 2.16. The van der Waals surface area contributed by atoms with Crippen molar-refractivity contribution < 1.29 is 4.39 Å². The number of hydrogen-bond donors (Lipinski definition) is 1. The van der Waals surface area contributed by atoms with Crippen LogP contribution in [0, 0.1) is 11.7 Å². The Morgan fingerprint density at radius 2 is 1.90 bits per heavy atom. The minimum atomic E-state index is -0.196. The summed E-state index contributed by atoms with van der Waals surface area (Å²) in [5.74, 6) is 1.56. The molecule has 20 heavy (non-hydrogen) atoms. The van der Waals surface area contributed by atoms with Gasteiger partial charge in [0.2, 0.25) is 0 Å². The molecule has 1 N–H and O–H groups in total. The largest absolute Gasteiger partial charge is 0.352 e. The SMILES string of the molecule is CN=C(NCc1ccc(F)cc1)N1CCC(C)CC1.I. The van der Waals surface area contributed by atoms with Crippen molar-refractivity contribution in [3.8, 4) is 0 Å². The molecule has 0 amide bonds. The van der Waals surface area contributed by atoms with Crippen LogP contribution in [0.2, 0.25) is 0 Å². The molecule has 2 rings (SSSR count). The lowest BCUT2D eigenvalue weighted by molar-refractivity contribution is 0.273. The molecule has 1 heterocycles. The zero-order chi connectivity index (χ0) is 13.7. The van der Waals surface area contributed by atoms with Crippen LogP contribution in [-0.2, 0) is 6.54 Å². The number of hydrogen-bond acceptors (Lipinski definition) is 1. The van der Waals surface area contributed by atoms with Gasteiger partial charge in [0.15, 0.2) is 5.96 Å². The summed E-state index contributed by atoms with van der Waals surface area (Å²) in [6.07, 6.45) is 2.44. The summed E-state index contributed by atoms with van der Waals surface area (Å²) < 4.78 is 12.8. The van der Waals surface area contributed by atoms with Gasteiger partial charge in [-0.2, -0.15) is 0 Å². The van der Waals surface area contributed by atoms with E-state index in [1.54, 1.807) is 12.1 Å². The minimum absolute atomic E-state index is 0. The van der Waals surface area contributed by atoms with Crippen LogP contribution in [0.4, 0.5) is 4.39 Å². The number of nitrogens with zero attached hydrogens (tertiary/aromatic N) is 2. The number of piperidine rings is 1. The van der Waals surface area contributed by atoms with Crippen molar-refractivity contribution in [2.24, 2.45) is 10.9 Å². The first-order valence-corrected chi connectivity index (χ1v) is 6.89. The average molecular weight is 391 g/mol. The third-order valence-electron chi connectivity index (χ3n) is 3.66. The lowest BCUT2D eigenvalue weighted by Gasteiger charge is -2.32. The van der Waals surface area contributed by atoms with E-state index in [-0.39, 0.29) is 29.8 Å². The Morgan fingerprint density at radius 3 is 2.45 bits per heavy atom. The van der Waals surface area contributed by atoms with Crippen molar-refractivity contribution in [1.82, 2.24) is 10.2 Å². The summed E-state index contributed by atoms with van der Waals surface area (Å²) in [7, 11) is 1.81. The molecule has 5 heteroatoms. The van der Waals surface area contributed by atoms with Crippen LogP contribution in [0.1, 0.15) is 25.3 Å². The first kappa shape index (κ1) is 17.2. The number of rotatable bonds is 2. The van der Waals surface area contributed by atoms with Crippen LogP contribution in [-0.4, -0.2) is 31.0 Å². The van der Waals surface area contributed by atoms with E-state index in [1.807, 2.05) is 7.05 Å². The van der Waals surface area contributed by atoms with Crippen LogP contribution in [0.25, 0.3) is 0 Å². The number of likely N-dealkylation sites (tertiary alicyclic amines) is 1. The fraction of sp³-hybridized carbons (Fsp3) is 0.533. The van der Waals surface area contributed by atoms with Crippen molar-refractivity contribution in [3.05, 3.63) is 35.6 Å². The molecule has 0 bridgehead atoms. The molecule has 0 aliphatic carbocycles. The van der Waals surface area contributed by atoms with Crippen molar-refractivity contribution >= 4 is 29.9 Å². The Morgan fingerprint density at radius 1 is 1.30 bits per heavy atom. The molecular weight excluding hydrogens is 368 g/mol. The van der Waals surface area contributed by atoms with E-state index in [0.29, 0.717) is 6.54 Å². The fourth-order valence-electron chi connectivity index (χ4n) is 2.34. The molecule has 1 aromatic rings. The molecule has 112 valence electrons.